The van der Waals surface area contributed by atoms with E-state index in [2.05, 4.69) is 23.3 Å². The third kappa shape index (κ3) is 3.13. The second kappa shape index (κ2) is 5.67. The monoisotopic (exact) mass is 179 g/mol. The van der Waals surface area contributed by atoms with E-state index in [0.717, 1.165) is 13.0 Å². The molecule has 0 bridgehead atoms. The molecule has 0 aromatic carbocycles. The average Bonchev–Trinajstić information content (AvgIpc) is 2.21. The van der Waals surface area contributed by atoms with Crippen LogP contribution in [0, 0.1) is 0 Å². The zero-order valence-corrected chi connectivity index (χ0v) is 8.03. The summed E-state index contributed by atoms with van der Waals surface area (Å²) in [5.41, 5.74) is 6.67. The Hall–Kier alpha value is -0.930. The van der Waals surface area contributed by atoms with Crippen LogP contribution in [0.5, 0.6) is 0 Å². The van der Waals surface area contributed by atoms with Gasteiger partial charge in [-0.15, -0.1) is 0 Å². The molecular weight excluding hydrogens is 162 g/mol. The molecule has 3 nitrogen and oxygen atoms in total. The average molecular weight is 179 g/mol. The Kier molecular flexibility index (Phi) is 4.43. The predicted molar refractivity (Wildman–Crippen MR) is 54.3 cm³/mol. The summed E-state index contributed by atoms with van der Waals surface area (Å²) in [5.74, 6) is 0. The molecule has 1 aromatic heterocycles. The number of rotatable bonds is 5. The van der Waals surface area contributed by atoms with Crippen molar-refractivity contribution in [3.05, 3.63) is 30.1 Å². The molecule has 0 aliphatic heterocycles. The van der Waals surface area contributed by atoms with Gasteiger partial charge in [0.05, 0.1) is 0 Å². The summed E-state index contributed by atoms with van der Waals surface area (Å²) in [6.07, 6.45) is 4.75. The summed E-state index contributed by atoms with van der Waals surface area (Å²) in [4.78, 5) is 4.09. The minimum atomic E-state index is 0.386. The summed E-state index contributed by atoms with van der Waals surface area (Å²) in [6.45, 7) is 3.69. The van der Waals surface area contributed by atoms with Crippen LogP contribution in [0.2, 0.25) is 0 Å². The Balaban J connectivity index is 2.56. The zero-order valence-electron chi connectivity index (χ0n) is 8.03. The van der Waals surface area contributed by atoms with Gasteiger partial charge in [-0.25, -0.2) is 0 Å². The summed E-state index contributed by atoms with van der Waals surface area (Å²) in [5, 5.41) is 3.37. The molecule has 0 radical (unpaired) electrons. The van der Waals surface area contributed by atoms with E-state index in [1.807, 2.05) is 12.3 Å². The number of hydrogen-bond donors (Lipinski definition) is 2. The van der Waals surface area contributed by atoms with Crippen LogP contribution in [0.1, 0.15) is 24.9 Å². The van der Waals surface area contributed by atoms with Crippen molar-refractivity contribution in [2.45, 2.75) is 19.4 Å². The van der Waals surface area contributed by atoms with Crippen molar-refractivity contribution in [1.29, 1.82) is 0 Å². The third-order valence-electron chi connectivity index (χ3n) is 2.03. The highest BCUT2D eigenvalue weighted by atomic mass is 14.9. The minimum Gasteiger partial charge on any atom is -0.329 e. The quantitative estimate of drug-likeness (QED) is 0.711. The zero-order chi connectivity index (χ0) is 9.52. The largest absolute Gasteiger partial charge is 0.329 e. The molecule has 1 heterocycles. The molecule has 3 heteroatoms. The maximum atomic E-state index is 5.43. The molecule has 3 N–H and O–H groups in total. The van der Waals surface area contributed by atoms with Crippen LogP contribution in [-0.4, -0.2) is 18.1 Å². The van der Waals surface area contributed by atoms with Gasteiger partial charge in [0.2, 0.25) is 0 Å². The van der Waals surface area contributed by atoms with Crippen molar-refractivity contribution in [3.63, 3.8) is 0 Å². The molecule has 0 aliphatic rings. The molecule has 0 saturated heterocycles. The molecule has 1 unspecified atom stereocenters. The maximum absolute atomic E-state index is 5.43. The highest BCUT2D eigenvalue weighted by Crippen LogP contribution is 2.13. The topological polar surface area (TPSA) is 50.9 Å². The molecule has 1 aromatic rings. The van der Waals surface area contributed by atoms with Crippen LogP contribution in [0.3, 0.4) is 0 Å². The molecule has 1 rings (SSSR count). The lowest BCUT2D eigenvalue weighted by Crippen LogP contribution is -2.26. The minimum absolute atomic E-state index is 0.386. The van der Waals surface area contributed by atoms with Gasteiger partial charge in [0.25, 0.3) is 0 Å². The van der Waals surface area contributed by atoms with Crippen LogP contribution < -0.4 is 11.1 Å². The van der Waals surface area contributed by atoms with Gasteiger partial charge in [0.1, 0.15) is 0 Å². The Morgan fingerprint density at radius 2 is 2.46 bits per heavy atom. The first-order valence-electron chi connectivity index (χ1n) is 4.71. The molecule has 0 fully saturated rings. The number of hydrogen-bond acceptors (Lipinski definition) is 3. The highest BCUT2D eigenvalue weighted by molar-refractivity contribution is 5.13. The van der Waals surface area contributed by atoms with Crippen molar-refractivity contribution in [2.24, 2.45) is 5.73 Å². The van der Waals surface area contributed by atoms with Crippen LogP contribution >= 0.6 is 0 Å². The first-order chi connectivity index (χ1) is 6.38. The molecule has 0 saturated carbocycles. The smallest absolute Gasteiger partial charge is 0.0333 e. The first kappa shape index (κ1) is 10.2. The molecule has 0 amide bonds. The summed E-state index contributed by atoms with van der Waals surface area (Å²) < 4.78 is 0. The van der Waals surface area contributed by atoms with Crippen LogP contribution in [0.4, 0.5) is 0 Å². The van der Waals surface area contributed by atoms with Crippen molar-refractivity contribution in [1.82, 2.24) is 10.3 Å². The van der Waals surface area contributed by atoms with Crippen LogP contribution in [0.15, 0.2) is 24.5 Å². The van der Waals surface area contributed by atoms with E-state index in [9.17, 15) is 0 Å². The van der Waals surface area contributed by atoms with Crippen molar-refractivity contribution in [3.8, 4) is 0 Å². The summed E-state index contributed by atoms with van der Waals surface area (Å²) >= 11 is 0. The van der Waals surface area contributed by atoms with E-state index >= 15 is 0 Å². The van der Waals surface area contributed by atoms with Gasteiger partial charge in [-0.05, 0) is 18.1 Å². The number of nitrogens with two attached hydrogens (primary N) is 1. The molecule has 1 atom stereocenters. The van der Waals surface area contributed by atoms with Crippen molar-refractivity contribution < 1.29 is 0 Å². The molecular formula is C10H17N3. The Morgan fingerprint density at radius 1 is 1.62 bits per heavy atom. The molecule has 0 aliphatic carbocycles. The highest BCUT2D eigenvalue weighted by Gasteiger charge is 2.06. The lowest BCUT2D eigenvalue weighted by molar-refractivity contribution is 0.525. The van der Waals surface area contributed by atoms with Crippen LogP contribution in [-0.2, 0) is 0 Å². The third-order valence-corrected chi connectivity index (χ3v) is 2.03. The van der Waals surface area contributed by atoms with E-state index in [0.29, 0.717) is 12.6 Å². The maximum Gasteiger partial charge on any atom is 0.0333 e. The second-order valence-corrected chi connectivity index (χ2v) is 2.99. The lowest BCUT2D eigenvalue weighted by atomic mass is 10.1. The Bertz CT molecular complexity index is 223. The van der Waals surface area contributed by atoms with Crippen LogP contribution in [0.25, 0.3) is 0 Å². The molecule has 0 spiro atoms. The van der Waals surface area contributed by atoms with Gasteiger partial charge in [0, 0.05) is 31.5 Å². The number of aromatic nitrogens is 1. The second-order valence-electron chi connectivity index (χ2n) is 2.99. The van der Waals surface area contributed by atoms with E-state index < -0.39 is 0 Å². The van der Waals surface area contributed by atoms with Gasteiger partial charge in [-0.3, -0.25) is 4.98 Å². The van der Waals surface area contributed by atoms with E-state index in [1.54, 1.807) is 6.20 Å². The van der Waals surface area contributed by atoms with Gasteiger partial charge >= 0.3 is 0 Å². The fraction of sp³-hybridized carbons (Fsp3) is 0.500. The van der Waals surface area contributed by atoms with Crippen molar-refractivity contribution >= 4 is 0 Å². The van der Waals surface area contributed by atoms with Gasteiger partial charge < -0.3 is 11.1 Å². The predicted octanol–water partition coefficient (Wildman–Crippen LogP) is 1.08. The fourth-order valence-electron chi connectivity index (χ4n) is 1.34. The number of nitrogens with zero attached hydrogens (tertiary/aromatic N) is 1. The normalized spacial score (nSPS) is 12.8. The number of pyridine rings is 1. The van der Waals surface area contributed by atoms with E-state index in [4.69, 9.17) is 5.73 Å². The Morgan fingerprint density at radius 3 is 3.00 bits per heavy atom. The molecule has 72 valence electrons. The van der Waals surface area contributed by atoms with E-state index in [1.165, 1.54) is 5.56 Å². The number of nitrogens with one attached hydrogen (secondary N) is 1. The SMILES string of the molecule is CCC(NCCN)c1cccnc1. The van der Waals surface area contributed by atoms with Gasteiger partial charge in [0.15, 0.2) is 0 Å². The lowest BCUT2D eigenvalue weighted by Gasteiger charge is -2.15. The molecule has 13 heavy (non-hydrogen) atoms. The van der Waals surface area contributed by atoms with Gasteiger partial charge in [-0.1, -0.05) is 13.0 Å². The van der Waals surface area contributed by atoms with Gasteiger partial charge in [-0.2, -0.15) is 0 Å². The summed E-state index contributed by atoms with van der Waals surface area (Å²) in [7, 11) is 0. The van der Waals surface area contributed by atoms with Crippen molar-refractivity contribution in [2.75, 3.05) is 13.1 Å². The van der Waals surface area contributed by atoms with E-state index in [-0.39, 0.29) is 0 Å². The fourth-order valence-corrected chi connectivity index (χ4v) is 1.34. The Labute approximate surface area is 79.4 Å². The first-order valence-corrected chi connectivity index (χ1v) is 4.71. The standard InChI is InChI=1S/C10H17N3/c1-2-10(13-7-5-11)9-4-3-6-12-8-9/h3-4,6,8,10,13H,2,5,7,11H2,1H3. The summed E-state index contributed by atoms with van der Waals surface area (Å²) in [6, 6.07) is 4.43.